The number of nitrogens with one attached hydrogen (secondary N) is 1. The number of aryl methyl sites for hydroxylation is 2. The Morgan fingerprint density at radius 2 is 2.03 bits per heavy atom. The fourth-order valence-corrected chi connectivity index (χ4v) is 4.17. The molecule has 0 aliphatic carbocycles. The van der Waals surface area contributed by atoms with Gasteiger partial charge in [0.1, 0.15) is 0 Å². The maximum Gasteiger partial charge on any atom is 0.258 e. The van der Waals surface area contributed by atoms with Crippen LogP contribution < -0.4 is 5.32 Å². The first kappa shape index (κ1) is 24.0. The van der Waals surface area contributed by atoms with Crippen LogP contribution in [0.3, 0.4) is 0 Å². The van der Waals surface area contributed by atoms with Gasteiger partial charge in [-0.3, -0.25) is 19.6 Å². The van der Waals surface area contributed by atoms with Crippen LogP contribution in [0.25, 0.3) is 5.52 Å². The number of terminal acetylenes is 1. The molecule has 180 valence electrons. The number of nitrogens with zero attached hydrogens (tertiary/aromatic N) is 7. The normalized spacial score (nSPS) is 14.3. The third-order valence-corrected chi connectivity index (χ3v) is 6.05. The molecule has 0 bridgehead atoms. The lowest BCUT2D eigenvalue weighted by Crippen LogP contribution is -2.45. The molecule has 1 atom stereocenters. The summed E-state index contributed by atoms with van der Waals surface area (Å²) in [6.45, 7) is 6.31. The second-order valence-corrected chi connectivity index (χ2v) is 8.61. The summed E-state index contributed by atoms with van der Waals surface area (Å²) in [5.41, 5.74) is 2.59. The molecule has 4 heterocycles. The van der Waals surface area contributed by atoms with Crippen LogP contribution in [0.1, 0.15) is 59.4 Å². The van der Waals surface area contributed by atoms with Crippen LogP contribution >= 0.6 is 0 Å². The van der Waals surface area contributed by atoms with Crippen molar-refractivity contribution in [3.8, 4) is 12.3 Å². The number of carbonyl (C=O) groups is 2. The molecule has 4 rings (SSSR count). The molecular weight excluding hydrogens is 444 g/mol. The van der Waals surface area contributed by atoms with Crippen molar-refractivity contribution in [2.45, 2.75) is 51.7 Å². The first-order chi connectivity index (χ1) is 16.9. The third kappa shape index (κ3) is 5.04. The van der Waals surface area contributed by atoms with E-state index in [1.54, 1.807) is 34.2 Å². The SMILES string of the molecule is C#CCCC1(CCN(C(=O)c2cnn3ccncc23)C(C(=O)NCC)c2ncc(C)cc2C)N=N1. The molecule has 3 aromatic heterocycles. The fraction of sp³-hybridized carbons (Fsp3) is 0.400. The Bertz CT molecular complexity index is 1320. The average molecular weight is 473 g/mol. The van der Waals surface area contributed by atoms with Crippen molar-refractivity contribution in [3.05, 3.63) is 59.4 Å². The number of hydrogen-bond donors (Lipinski definition) is 1. The minimum atomic E-state index is -0.946. The van der Waals surface area contributed by atoms with Crippen molar-refractivity contribution in [1.82, 2.24) is 29.8 Å². The van der Waals surface area contributed by atoms with E-state index in [1.807, 2.05) is 26.8 Å². The van der Waals surface area contributed by atoms with Crippen molar-refractivity contribution in [1.29, 1.82) is 0 Å². The minimum absolute atomic E-state index is 0.227. The minimum Gasteiger partial charge on any atom is -0.354 e. The highest BCUT2D eigenvalue weighted by Crippen LogP contribution is 2.38. The molecule has 1 aliphatic rings. The first-order valence-corrected chi connectivity index (χ1v) is 11.6. The Morgan fingerprint density at radius 3 is 2.71 bits per heavy atom. The summed E-state index contributed by atoms with van der Waals surface area (Å²) < 4.78 is 1.58. The van der Waals surface area contributed by atoms with E-state index in [1.165, 1.54) is 6.20 Å². The van der Waals surface area contributed by atoms with Gasteiger partial charge in [0.2, 0.25) is 5.91 Å². The molecule has 0 saturated heterocycles. The molecule has 0 saturated carbocycles. The van der Waals surface area contributed by atoms with E-state index in [2.05, 4.69) is 36.5 Å². The van der Waals surface area contributed by atoms with Gasteiger partial charge in [0.05, 0.1) is 29.2 Å². The smallest absolute Gasteiger partial charge is 0.258 e. The second-order valence-electron chi connectivity index (χ2n) is 8.61. The quantitative estimate of drug-likeness (QED) is 0.455. The van der Waals surface area contributed by atoms with Crippen LogP contribution in [0.4, 0.5) is 0 Å². The molecule has 3 aromatic rings. The topological polar surface area (TPSA) is 117 Å². The molecule has 0 radical (unpaired) electrons. The standard InChI is InChI=1S/C25H28N8O2/c1-5-7-8-25(30-31-25)9-11-32(24(35)19-15-29-33-12-10-26-16-20(19)33)22(23(34)27-6-2)21-18(4)13-17(3)14-28-21/h1,10,12-16,22H,6-9,11H2,2-4H3,(H,27,34). The molecule has 0 spiro atoms. The highest BCUT2D eigenvalue weighted by atomic mass is 16.2. The summed E-state index contributed by atoms with van der Waals surface area (Å²) in [7, 11) is 0. The number of hydrogen-bond acceptors (Lipinski definition) is 7. The summed E-state index contributed by atoms with van der Waals surface area (Å²) in [5, 5.41) is 15.6. The zero-order valence-electron chi connectivity index (χ0n) is 20.1. The molecule has 10 nitrogen and oxygen atoms in total. The molecule has 1 N–H and O–H groups in total. The predicted octanol–water partition coefficient (Wildman–Crippen LogP) is 3.03. The Hall–Kier alpha value is -4.13. The van der Waals surface area contributed by atoms with Crippen LogP contribution in [0.15, 0.2) is 47.3 Å². The molecule has 10 heteroatoms. The number of amides is 2. The Balaban J connectivity index is 1.76. The number of rotatable bonds is 10. The zero-order chi connectivity index (χ0) is 25.0. The monoisotopic (exact) mass is 472 g/mol. The van der Waals surface area contributed by atoms with Crippen molar-refractivity contribution < 1.29 is 9.59 Å². The number of likely N-dealkylation sites (N-methyl/N-ethyl adjacent to an activating group) is 1. The van der Waals surface area contributed by atoms with Gasteiger partial charge in [0.15, 0.2) is 11.7 Å². The van der Waals surface area contributed by atoms with Crippen molar-refractivity contribution >= 4 is 17.3 Å². The number of fused-ring (bicyclic) bond motifs is 1. The van der Waals surface area contributed by atoms with Crippen LogP contribution in [0.5, 0.6) is 0 Å². The van der Waals surface area contributed by atoms with Gasteiger partial charge in [-0.1, -0.05) is 6.07 Å². The maximum atomic E-state index is 14.0. The van der Waals surface area contributed by atoms with Crippen LogP contribution in [0.2, 0.25) is 0 Å². The maximum absolute atomic E-state index is 14.0. The van der Waals surface area contributed by atoms with Gasteiger partial charge < -0.3 is 10.2 Å². The van der Waals surface area contributed by atoms with E-state index in [-0.39, 0.29) is 18.4 Å². The number of pyridine rings is 1. The van der Waals surface area contributed by atoms with E-state index < -0.39 is 11.7 Å². The third-order valence-electron chi connectivity index (χ3n) is 6.05. The van der Waals surface area contributed by atoms with E-state index in [9.17, 15) is 9.59 Å². The summed E-state index contributed by atoms with van der Waals surface area (Å²) in [4.78, 5) is 37.7. The van der Waals surface area contributed by atoms with E-state index in [4.69, 9.17) is 6.42 Å². The van der Waals surface area contributed by atoms with Crippen molar-refractivity contribution in [3.63, 3.8) is 0 Å². The molecule has 35 heavy (non-hydrogen) atoms. The van der Waals surface area contributed by atoms with Gasteiger partial charge in [-0.25, -0.2) is 4.52 Å². The Kier molecular flexibility index (Phi) is 6.87. The lowest BCUT2D eigenvalue weighted by molar-refractivity contribution is -0.126. The van der Waals surface area contributed by atoms with Crippen LogP contribution in [-0.4, -0.2) is 55.0 Å². The lowest BCUT2D eigenvalue weighted by Gasteiger charge is -2.32. The molecule has 2 amide bonds. The Labute approximate surface area is 203 Å². The van der Waals surface area contributed by atoms with E-state index in [0.717, 1.165) is 11.1 Å². The van der Waals surface area contributed by atoms with Crippen molar-refractivity contribution in [2.24, 2.45) is 10.2 Å². The van der Waals surface area contributed by atoms with Gasteiger partial charge in [-0.05, 0) is 31.9 Å². The number of aromatic nitrogens is 4. The van der Waals surface area contributed by atoms with E-state index >= 15 is 0 Å². The summed E-state index contributed by atoms with van der Waals surface area (Å²) in [6, 6.07) is 1.01. The van der Waals surface area contributed by atoms with Crippen LogP contribution in [0, 0.1) is 26.2 Å². The molecule has 1 aliphatic heterocycles. The van der Waals surface area contributed by atoms with Gasteiger partial charge >= 0.3 is 0 Å². The van der Waals surface area contributed by atoms with Gasteiger partial charge in [0.25, 0.3) is 5.91 Å². The van der Waals surface area contributed by atoms with Crippen LogP contribution in [-0.2, 0) is 4.79 Å². The van der Waals surface area contributed by atoms with Crippen molar-refractivity contribution in [2.75, 3.05) is 13.1 Å². The van der Waals surface area contributed by atoms with Gasteiger partial charge in [0, 0.05) is 50.9 Å². The van der Waals surface area contributed by atoms with Gasteiger partial charge in [-0.15, -0.1) is 12.3 Å². The fourth-order valence-electron chi connectivity index (χ4n) is 4.17. The second kappa shape index (κ2) is 10.0. The summed E-state index contributed by atoms with van der Waals surface area (Å²) >= 11 is 0. The average Bonchev–Trinajstić information content (AvgIpc) is 3.49. The van der Waals surface area contributed by atoms with E-state index in [0.29, 0.717) is 42.6 Å². The largest absolute Gasteiger partial charge is 0.354 e. The number of carbonyl (C=O) groups excluding carboxylic acids is 2. The summed E-state index contributed by atoms with van der Waals surface area (Å²) in [5.74, 6) is 1.96. The molecule has 0 aromatic carbocycles. The first-order valence-electron chi connectivity index (χ1n) is 11.6. The van der Waals surface area contributed by atoms with Gasteiger partial charge in [-0.2, -0.15) is 15.3 Å². The summed E-state index contributed by atoms with van der Waals surface area (Å²) in [6.07, 6.45) is 15.0. The molecule has 1 unspecified atom stereocenters. The predicted molar refractivity (Wildman–Crippen MR) is 129 cm³/mol. The highest BCUT2D eigenvalue weighted by molar-refractivity contribution is 6.02. The lowest BCUT2D eigenvalue weighted by atomic mass is 10.00. The molecular formula is C25H28N8O2. The molecule has 0 fully saturated rings. The Morgan fingerprint density at radius 1 is 1.23 bits per heavy atom. The highest BCUT2D eigenvalue weighted by Gasteiger charge is 2.42. The zero-order valence-corrected chi connectivity index (χ0v) is 20.1.